The predicted molar refractivity (Wildman–Crippen MR) is 96.6 cm³/mol. The molecule has 4 aliphatic heterocycles. The number of amides is 2. The molecule has 0 N–H and O–H groups in total. The molecule has 1 unspecified atom stereocenters. The maximum atomic E-state index is 13.5. The molecule has 4 aliphatic rings. The van der Waals surface area contributed by atoms with Crippen molar-refractivity contribution < 1.29 is 19.1 Å². The van der Waals surface area contributed by atoms with Crippen LogP contribution in [0.2, 0.25) is 0 Å². The van der Waals surface area contributed by atoms with E-state index in [1.165, 1.54) is 0 Å². The van der Waals surface area contributed by atoms with Gasteiger partial charge in [-0.2, -0.15) is 0 Å². The molecule has 0 radical (unpaired) electrons. The van der Waals surface area contributed by atoms with Gasteiger partial charge in [-0.15, -0.1) is 0 Å². The van der Waals surface area contributed by atoms with Gasteiger partial charge in [0, 0.05) is 57.4 Å². The molecule has 0 aromatic heterocycles. The third-order valence-electron chi connectivity index (χ3n) is 6.96. The van der Waals surface area contributed by atoms with Crippen LogP contribution in [0.5, 0.6) is 0 Å². The molecule has 26 heavy (non-hydrogen) atoms. The second-order valence-electron chi connectivity index (χ2n) is 8.43. The molecule has 1 spiro atoms. The smallest absolute Gasteiger partial charge is 0.245 e. The largest absolute Gasteiger partial charge is 0.381 e. The lowest BCUT2D eigenvalue weighted by Crippen LogP contribution is -2.63. The van der Waals surface area contributed by atoms with E-state index in [0.717, 1.165) is 71.0 Å². The molecule has 2 amide bonds. The van der Waals surface area contributed by atoms with Gasteiger partial charge in [0.1, 0.15) is 6.04 Å². The number of likely N-dealkylation sites (tertiary alicyclic amines) is 2. The highest BCUT2D eigenvalue weighted by Gasteiger charge is 2.52. The summed E-state index contributed by atoms with van der Waals surface area (Å²) in [7, 11) is 0. The van der Waals surface area contributed by atoms with Gasteiger partial charge in [-0.25, -0.2) is 0 Å². The fourth-order valence-corrected chi connectivity index (χ4v) is 5.42. The Kier molecular flexibility index (Phi) is 5.50. The Labute approximate surface area is 156 Å². The van der Waals surface area contributed by atoms with E-state index >= 15 is 0 Å². The van der Waals surface area contributed by atoms with Gasteiger partial charge in [-0.3, -0.25) is 9.59 Å². The first-order chi connectivity index (χ1) is 12.7. The molecule has 4 rings (SSSR count). The number of carbonyl (C=O) groups is 2. The Bertz CT molecular complexity index is 514. The summed E-state index contributed by atoms with van der Waals surface area (Å²) in [6.07, 6.45) is 7.58. The molecule has 0 bridgehead atoms. The number of nitrogens with zero attached hydrogens (tertiary/aromatic N) is 2. The van der Waals surface area contributed by atoms with Gasteiger partial charge in [-0.1, -0.05) is 0 Å². The van der Waals surface area contributed by atoms with Crippen molar-refractivity contribution in [1.82, 2.24) is 9.80 Å². The van der Waals surface area contributed by atoms with Crippen molar-refractivity contribution in [3.8, 4) is 0 Å². The number of hydrogen-bond donors (Lipinski definition) is 0. The monoisotopic (exact) mass is 364 g/mol. The lowest BCUT2D eigenvalue weighted by molar-refractivity contribution is -0.164. The van der Waals surface area contributed by atoms with Crippen LogP contribution in [0, 0.1) is 11.3 Å². The van der Waals surface area contributed by atoms with E-state index in [-0.39, 0.29) is 29.2 Å². The maximum absolute atomic E-state index is 13.5. The summed E-state index contributed by atoms with van der Waals surface area (Å²) in [4.78, 5) is 30.9. The quantitative estimate of drug-likeness (QED) is 0.750. The number of ether oxygens (including phenoxy) is 2. The zero-order chi connectivity index (χ0) is 18.0. The van der Waals surface area contributed by atoms with Crippen LogP contribution >= 0.6 is 0 Å². The second-order valence-corrected chi connectivity index (χ2v) is 8.43. The first-order valence-corrected chi connectivity index (χ1v) is 10.5. The molecule has 4 saturated heterocycles. The second kappa shape index (κ2) is 7.85. The maximum Gasteiger partial charge on any atom is 0.245 e. The van der Waals surface area contributed by atoms with E-state index in [9.17, 15) is 9.59 Å². The predicted octanol–water partition coefficient (Wildman–Crippen LogP) is 1.82. The summed E-state index contributed by atoms with van der Waals surface area (Å²) >= 11 is 0. The Balaban J connectivity index is 1.61. The van der Waals surface area contributed by atoms with Crippen LogP contribution in [-0.2, 0) is 19.1 Å². The average molecular weight is 364 g/mol. The van der Waals surface area contributed by atoms with Gasteiger partial charge in [0.15, 0.2) is 0 Å². The molecule has 6 heteroatoms. The van der Waals surface area contributed by atoms with Gasteiger partial charge in [0.05, 0.1) is 0 Å². The third-order valence-corrected chi connectivity index (χ3v) is 6.96. The van der Waals surface area contributed by atoms with Crippen LogP contribution in [0.25, 0.3) is 0 Å². The lowest BCUT2D eigenvalue weighted by atomic mass is 9.67. The highest BCUT2D eigenvalue weighted by molar-refractivity contribution is 5.90. The van der Waals surface area contributed by atoms with Crippen LogP contribution in [0.15, 0.2) is 0 Å². The van der Waals surface area contributed by atoms with Crippen molar-refractivity contribution in [3.63, 3.8) is 0 Å². The first kappa shape index (κ1) is 18.2. The average Bonchev–Trinajstić information content (AvgIpc) is 3.23. The Hall–Kier alpha value is -1.14. The standard InChI is InChI=1S/C20H32N2O4/c23-18(16-4-12-25-13-5-16)22-11-3-6-20(7-14-26-15-8-20)17(22)19(24)21-9-1-2-10-21/h16-17H,1-15H2. The minimum absolute atomic E-state index is 0.0209. The zero-order valence-electron chi connectivity index (χ0n) is 15.8. The topological polar surface area (TPSA) is 59.1 Å². The Morgan fingerprint density at radius 3 is 2.12 bits per heavy atom. The van der Waals surface area contributed by atoms with Gasteiger partial charge >= 0.3 is 0 Å². The molecule has 4 heterocycles. The summed E-state index contributed by atoms with van der Waals surface area (Å²) < 4.78 is 11.1. The van der Waals surface area contributed by atoms with E-state index in [4.69, 9.17) is 9.47 Å². The van der Waals surface area contributed by atoms with Gasteiger partial charge < -0.3 is 19.3 Å². The van der Waals surface area contributed by atoms with Crippen molar-refractivity contribution in [3.05, 3.63) is 0 Å². The van der Waals surface area contributed by atoms with Crippen molar-refractivity contribution in [1.29, 1.82) is 0 Å². The van der Waals surface area contributed by atoms with E-state index in [1.54, 1.807) is 0 Å². The minimum atomic E-state index is -0.284. The molecule has 0 saturated carbocycles. The highest BCUT2D eigenvalue weighted by Crippen LogP contribution is 2.45. The molecule has 146 valence electrons. The molecule has 1 atom stereocenters. The molecule has 4 fully saturated rings. The van der Waals surface area contributed by atoms with E-state index < -0.39 is 0 Å². The van der Waals surface area contributed by atoms with Crippen molar-refractivity contribution in [2.24, 2.45) is 11.3 Å². The van der Waals surface area contributed by atoms with Crippen molar-refractivity contribution in [2.75, 3.05) is 46.1 Å². The van der Waals surface area contributed by atoms with Gasteiger partial charge in [0.25, 0.3) is 0 Å². The van der Waals surface area contributed by atoms with Crippen molar-refractivity contribution >= 4 is 11.8 Å². The van der Waals surface area contributed by atoms with Crippen molar-refractivity contribution in [2.45, 2.75) is 57.4 Å². The Morgan fingerprint density at radius 1 is 0.769 bits per heavy atom. The first-order valence-electron chi connectivity index (χ1n) is 10.5. The SMILES string of the molecule is O=C(C1N(C(=O)C2CCOCC2)CCCC12CCOCC2)N1CCCC1. The molecular weight excluding hydrogens is 332 g/mol. The van der Waals surface area contributed by atoms with Gasteiger partial charge in [0.2, 0.25) is 11.8 Å². The van der Waals surface area contributed by atoms with Crippen LogP contribution < -0.4 is 0 Å². The fourth-order valence-electron chi connectivity index (χ4n) is 5.42. The fraction of sp³-hybridized carbons (Fsp3) is 0.900. The number of hydrogen-bond acceptors (Lipinski definition) is 4. The van der Waals surface area contributed by atoms with Crippen LogP contribution in [0.4, 0.5) is 0 Å². The number of piperidine rings is 1. The molecule has 0 aromatic carbocycles. The minimum Gasteiger partial charge on any atom is -0.381 e. The van der Waals surface area contributed by atoms with Crippen LogP contribution in [-0.4, -0.2) is 73.7 Å². The van der Waals surface area contributed by atoms with E-state index in [0.29, 0.717) is 26.4 Å². The number of rotatable bonds is 2. The molecule has 0 aromatic rings. The summed E-state index contributed by atoms with van der Waals surface area (Å²) in [6.45, 7) is 5.17. The third kappa shape index (κ3) is 3.38. The van der Waals surface area contributed by atoms with Gasteiger partial charge in [-0.05, 0) is 51.4 Å². The summed E-state index contributed by atoms with van der Waals surface area (Å²) in [5.41, 5.74) is -0.0863. The highest BCUT2D eigenvalue weighted by atomic mass is 16.5. The van der Waals surface area contributed by atoms with E-state index in [2.05, 4.69) is 0 Å². The van der Waals surface area contributed by atoms with Crippen LogP contribution in [0.3, 0.4) is 0 Å². The lowest BCUT2D eigenvalue weighted by Gasteiger charge is -2.52. The normalized spacial score (nSPS) is 29.9. The molecule has 0 aliphatic carbocycles. The summed E-state index contributed by atoms with van der Waals surface area (Å²) in [6, 6.07) is -0.284. The van der Waals surface area contributed by atoms with E-state index in [1.807, 2.05) is 9.80 Å². The molecular formula is C20H32N2O4. The van der Waals surface area contributed by atoms with Crippen LogP contribution in [0.1, 0.15) is 51.4 Å². The number of carbonyl (C=O) groups excluding carboxylic acids is 2. The summed E-state index contributed by atoms with van der Waals surface area (Å²) in [5, 5.41) is 0. The summed E-state index contributed by atoms with van der Waals surface area (Å²) in [5.74, 6) is 0.411. The Morgan fingerprint density at radius 2 is 1.42 bits per heavy atom. The molecule has 6 nitrogen and oxygen atoms in total. The zero-order valence-corrected chi connectivity index (χ0v) is 15.8.